The second-order valence-corrected chi connectivity index (χ2v) is 8.05. The Morgan fingerprint density at radius 1 is 0.969 bits per heavy atom. The molecule has 3 heterocycles. The van der Waals surface area contributed by atoms with Crippen LogP contribution in [0.4, 0.5) is 10.2 Å². The smallest absolute Gasteiger partial charge is 0.271 e. The van der Waals surface area contributed by atoms with Gasteiger partial charge in [-0.3, -0.25) is 9.59 Å². The third-order valence-corrected chi connectivity index (χ3v) is 5.80. The third kappa shape index (κ3) is 3.85. The summed E-state index contributed by atoms with van der Waals surface area (Å²) in [5.74, 6) is 0.180. The molecule has 1 fully saturated rings. The molecule has 9 heteroatoms. The van der Waals surface area contributed by atoms with E-state index in [9.17, 15) is 14.0 Å². The lowest BCUT2D eigenvalue weighted by Gasteiger charge is -2.35. The molecule has 0 radical (unpaired) electrons. The van der Waals surface area contributed by atoms with Crippen LogP contribution in [0.3, 0.4) is 0 Å². The first-order valence-electron chi connectivity index (χ1n) is 10.2. The number of rotatable bonds is 3. The molecule has 0 bridgehead atoms. The van der Waals surface area contributed by atoms with Gasteiger partial charge in [0.15, 0.2) is 0 Å². The number of aromatic amines is 1. The quantitative estimate of drug-likeness (QED) is 0.517. The molecular weight excluding hydrogens is 433 g/mol. The van der Waals surface area contributed by atoms with Gasteiger partial charge in [0, 0.05) is 48.2 Å². The van der Waals surface area contributed by atoms with Crippen LogP contribution in [0.2, 0.25) is 5.02 Å². The van der Waals surface area contributed by atoms with E-state index in [1.54, 1.807) is 17.0 Å². The number of H-pyrrole nitrogens is 1. The van der Waals surface area contributed by atoms with Crippen LogP contribution in [0.5, 0.6) is 0 Å². The topological polar surface area (TPSA) is 74.2 Å². The number of amides is 1. The zero-order valence-corrected chi connectivity index (χ0v) is 17.7. The first kappa shape index (κ1) is 20.3. The zero-order valence-electron chi connectivity index (χ0n) is 17.0. The van der Waals surface area contributed by atoms with Crippen molar-refractivity contribution < 1.29 is 9.18 Å². The van der Waals surface area contributed by atoms with Crippen LogP contribution in [-0.4, -0.2) is 51.8 Å². The number of fused-ring (bicyclic) bond motifs is 1. The van der Waals surface area contributed by atoms with Gasteiger partial charge in [-0.25, -0.2) is 4.39 Å². The van der Waals surface area contributed by atoms with E-state index in [1.807, 2.05) is 23.1 Å². The highest BCUT2D eigenvalue weighted by Gasteiger charge is 2.24. The van der Waals surface area contributed by atoms with Gasteiger partial charge in [0.2, 0.25) is 0 Å². The molecule has 0 saturated carbocycles. The van der Waals surface area contributed by atoms with Crippen LogP contribution < -0.4 is 10.5 Å². The molecule has 1 saturated heterocycles. The predicted molar refractivity (Wildman–Crippen MR) is 121 cm³/mol. The monoisotopic (exact) mass is 451 g/mol. The average molecular weight is 452 g/mol. The van der Waals surface area contributed by atoms with Gasteiger partial charge < -0.3 is 14.8 Å². The molecule has 32 heavy (non-hydrogen) atoms. The molecule has 7 nitrogen and oxygen atoms in total. The largest absolute Gasteiger partial charge is 0.352 e. The van der Waals surface area contributed by atoms with Gasteiger partial charge in [0.25, 0.3) is 11.5 Å². The number of carbonyl (C=O) groups is 1. The molecule has 1 aliphatic heterocycles. The maximum absolute atomic E-state index is 13.2. The first-order chi connectivity index (χ1) is 15.5. The van der Waals surface area contributed by atoms with Crippen molar-refractivity contribution in [3.8, 4) is 5.69 Å². The number of hydrogen-bond donors (Lipinski definition) is 1. The van der Waals surface area contributed by atoms with E-state index in [0.29, 0.717) is 48.4 Å². The minimum atomic E-state index is -0.378. The van der Waals surface area contributed by atoms with Gasteiger partial charge in [0.05, 0.1) is 5.69 Å². The lowest BCUT2D eigenvalue weighted by Crippen LogP contribution is -2.49. The molecule has 0 spiro atoms. The summed E-state index contributed by atoms with van der Waals surface area (Å²) in [5, 5.41) is 5.97. The van der Waals surface area contributed by atoms with Crippen LogP contribution in [0.1, 0.15) is 10.5 Å². The number of piperazine rings is 1. The van der Waals surface area contributed by atoms with E-state index in [0.717, 1.165) is 10.9 Å². The summed E-state index contributed by atoms with van der Waals surface area (Å²) < 4.78 is 14.5. The van der Waals surface area contributed by atoms with E-state index >= 15 is 0 Å². The third-order valence-electron chi connectivity index (χ3n) is 5.56. The predicted octanol–water partition coefficient (Wildman–Crippen LogP) is 3.47. The molecule has 0 aliphatic carbocycles. The summed E-state index contributed by atoms with van der Waals surface area (Å²) >= 11 is 6.04. The summed E-state index contributed by atoms with van der Waals surface area (Å²) in [6, 6.07) is 16.0. The van der Waals surface area contributed by atoms with Crippen molar-refractivity contribution in [3.63, 3.8) is 0 Å². The average Bonchev–Trinajstić information content (AvgIpc) is 3.23. The number of nitrogens with zero attached hydrogens (tertiary/aromatic N) is 4. The molecule has 1 amide bonds. The van der Waals surface area contributed by atoms with Gasteiger partial charge in [-0.1, -0.05) is 11.6 Å². The maximum atomic E-state index is 13.2. The lowest BCUT2D eigenvalue weighted by atomic mass is 10.2. The van der Waals surface area contributed by atoms with Crippen molar-refractivity contribution in [2.45, 2.75) is 0 Å². The molecule has 2 aromatic carbocycles. The number of hydrogen-bond acceptors (Lipinski definition) is 4. The van der Waals surface area contributed by atoms with Crippen molar-refractivity contribution in [2.75, 3.05) is 31.1 Å². The summed E-state index contributed by atoms with van der Waals surface area (Å²) in [7, 11) is 0. The van der Waals surface area contributed by atoms with Gasteiger partial charge in [0.1, 0.15) is 17.3 Å². The fourth-order valence-corrected chi connectivity index (χ4v) is 4.05. The Bertz CT molecular complexity index is 1360. The fourth-order valence-electron chi connectivity index (χ4n) is 3.87. The van der Waals surface area contributed by atoms with Crippen molar-refractivity contribution >= 4 is 34.2 Å². The standard InChI is InChI=1S/C23H19ClFN5O2/c24-16-1-6-19-15(13-16)14-20(26-19)23(32)29-11-9-28(10-12-29)21-7-8-22(31)30(27-21)18-4-2-17(25)3-5-18/h1-8,13-14,26H,9-12H2. The summed E-state index contributed by atoms with van der Waals surface area (Å²) in [5.41, 5.74) is 1.58. The molecule has 4 aromatic rings. The van der Waals surface area contributed by atoms with Crippen molar-refractivity contribution in [3.05, 3.63) is 87.6 Å². The highest BCUT2D eigenvalue weighted by Crippen LogP contribution is 2.22. The Kier molecular flexibility index (Phi) is 5.14. The van der Waals surface area contributed by atoms with Crippen LogP contribution in [0.25, 0.3) is 16.6 Å². The highest BCUT2D eigenvalue weighted by atomic mass is 35.5. The van der Waals surface area contributed by atoms with Gasteiger partial charge in [-0.2, -0.15) is 4.68 Å². The Morgan fingerprint density at radius 2 is 1.72 bits per heavy atom. The second-order valence-electron chi connectivity index (χ2n) is 7.61. The summed E-state index contributed by atoms with van der Waals surface area (Å²) in [6.45, 7) is 2.19. The first-order valence-corrected chi connectivity index (χ1v) is 10.5. The number of benzene rings is 2. The van der Waals surface area contributed by atoms with E-state index < -0.39 is 0 Å². The SMILES string of the molecule is O=C(c1cc2cc(Cl)ccc2[nH]1)N1CCN(c2ccc(=O)n(-c3ccc(F)cc3)n2)CC1. The number of nitrogens with one attached hydrogen (secondary N) is 1. The Balaban J connectivity index is 1.31. The zero-order chi connectivity index (χ0) is 22.2. The number of halogens is 2. The minimum absolute atomic E-state index is 0.0683. The summed E-state index contributed by atoms with van der Waals surface area (Å²) in [4.78, 5) is 32.2. The van der Waals surface area contributed by atoms with Gasteiger partial charge >= 0.3 is 0 Å². The van der Waals surface area contributed by atoms with E-state index in [2.05, 4.69) is 10.1 Å². The fraction of sp³-hybridized carbons (Fsp3) is 0.174. The molecule has 5 rings (SSSR count). The molecular formula is C23H19ClFN5O2. The van der Waals surface area contributed by atoms with Crippen molar-refractivity contribution in [1.82, 2.24) is 19.7 Å². The van der Waals surface area contributed by atoms with Crippen LogP contribution >= 0.6 is 11.6 Å². The molecule has 2 aromatic heterocycles. The number of aromatic nitrogens is 3. The number of carbonyl (C=O) groups excluding carboxylic acids is 1. The van der Waals surface area contributed by atoms with Crippen molar-refractivity contribution in [2.24, 2.45) is 0 Å². The highest BCUT2D eigenvalue weighted by molar-refractivity contribution is 6.31. The van der Waals surface area contributed by atoms with Crippen LogP contribution in [-0.2, 0) is 0 Å². The van der Waals surface area contributed by atoms with Gasteiger partial charge in [-0.05, 0) is 54.6 Å². The molecule has 162 valence electrons. The molecule has 0 unspecified atom stereocenters. The van der Waals surface area contributed by atoms with Gasteiger partial charge in [-0.15, -0.1) is 5.10 Å². The normalized spacial score (nSPS) is 14.2. The Labute approximate surface area is 187 Å². The maximum Gasteiger partial charge on any atom is 0.271 e. The molecule has 0 atom stereocenters. The number of anilines is 1. The molecule has 1 N–H and O–H groups in total. The second kappa shape index (κ2) is 8.12. The van der Waals surface area contributed by atoms with E-state index in [1.165, 1.54) is 35.0 Å². The van der Waals surface area contributed by atoms with Crippen LogP contribution in [0.15, 0.2) is 65.5 Å². The van der Waals surface area contributed by atoms with E-state index in [4.69, 9.17) is 11.6 Å². The minimum Gasteiger partial charge on any atom is -0.352 e. The lowest BCUT2D eigenvalue weighted by molar-refractivity contribution is 0.0741. The van der Waals surface area contributed by atoms with Crippen LogP contribution in [0, 0.1) is 5.82 Å². The Hall–Kier alpha value is -3.65. The Morgan fingerprint density at radius 3 is 2.47 bits per heavy atom. The van der Waals surface area contributed by atoms with E-state index in [-0.39, 0.29) is 17.3 Å². The molecule has 1 aliphatic rings. The van der Waals surface area contributed by atoms with Crippen molar-refractivity contribution in [1.29, 1.82) is 0 Å². The summed E-state index contributed by atoms with van der Waals surface area (Å²) in [6.07, 6.45) is 0.